The predicted molar refractivity (Wildman–Crippen MR) is 145 cm³/mol. The van der Waals surface area contributed by atoms with Gasteiger partial charge in [0.1, 0.15) is 0 Å². The van der Waals surface area contributed by atoms with E-state index in [-0.39, 0.29) is 12.1 Å². The van der Waals surface area contributed by atoms with Crippen molar-refractivity contribution in [1.82, 2.24) is 14.9 Å². The minimum Gasteiger partial charge on any atom is -0.351 e. The smallest absolute Gasteiger partial charge is 0.174 e. The molecule has 8 heteroatoms. The lowest BCUT2D eigenvalue weighted by Crippen LogP contribution is -2.29. The number of rotatable bonds is 4. The number of anilines is 1. The highest BCUT2D eigenvalue weighted by atomic mass is 35.5. The van der Waals surface area contributed by atoms with E-state index in [1.54, 1.807) is 12.3 Å². The zero-order valence-corrected chi connectivity index (χ0v) is 21.6. The lowest BCUT2D eigenvalue weighted by atomic mass is 9.96. The molecule has 0 bridgehead atoms. The average Bonchev–Trinajstić information content (AvgIpc) is 3.31. The molecule has 34 heavy (non-hydrogen) atoms. The van der Waals surface area contributed by atoms with E-state index in [4.69, 9.17) is 47.0 Å². The van der Waals surface area contributed by atoms with Crippen LogP contribution >= 0.6 is 47.0 Å². The second-order valence-electron chi connectivity index (χ2n) is 8.23. The van der Waals surface area contributed by atoms with Crippen LogP contribution in [0.15, 0.2) is 72.9 Å². The molecule has 4 aromatic rings. The summed E-state index contributed by atoms with van der Waals surface area (Å²) in [7, 11) is 0. The summed E-state index contributed by atoms with van der Waals surface area (Å²) in [4.78, 5) is 6.78. The molecule has 172 valence electrons. The summed E-state index contributed by atoms with van der Waals surface area (Å²) in [5, 5.41) is 6.02. The van der Waals surface area contributed by atoms with Crippen LogP contribution in [-0.2, 0) is 0 Å². The second-order valence-corrected chi connectivity index (χ2v) is 9.90. The molecule has 2 aromatic heterocycles. The van der Waals surface area contributed by atoms with Crippen molar-refractivity contribution in [1.29, 1.82) is 0 Å². The molecule has 0 amide bonds. The number of halogens is 3. The Bertz CT molecular complexity index is 1370. The Morgan fingerprint density at radius 1 is 0.912 bits per heavy atom. The molecule has 3 heterocycles. The van der Waals surface area contributed by atoms with E-state index < -0.39 is 0 Å². The van der Waals surface area contributed by atoms with Crippen LogP contribution in [0.3, 0.4) is 0 Å². The highest BCUT2D eigenvalue weighted by molar-refractivity contribution is 7.80. The Morgan fingerprint density at radius 2 is 1.65 bits per heavy atom. The molecule has 2 atom stereocenters. The number of nitrogens with one attached hydrogen (secondary N) is 1. The number of nitrogens with zero attached hydrogens (tertiary/aromatic N) is 3. The molecule has 2 aromatic carbocycles. The number of benzene rings is 2. The first-order valence-corrected chi connectivity index (χ1v) is 12.3. The number of thiocarbonyl (C=S) groups is 1. The summed E-state index contributed by atoms with van der Waals surface area (Å²) in [6.07, 6.45) is 1.80. The summed E-state index contributed by atoms with van der Waals surface area (Å²) >= 11 is 24.8. The summed E-state index contributed by atoms with van der Waals surface area (Å²) in [5.74, 6) is 0. The fraction of sp³-hybridized carbons (Fsp3) is 0.154. The van der Waals surface area contributed by atoms with Crippen LogP contribution < -0.4 is 10.2 Å². The van der Waals surface area contributed by atoms with Crippen LogP contribution in [0, 0.1) is 13.8 Å². The van der Waals surface area contributed by atoms with Gasteiger partial charge in [-0.2, -0.15) is 0 Å². The molecule has 0 spiro atoms. The van der Waals surface area contributed by atoms with Gasteiger partial charge in [-0.3, -0.25) is 4.98 Å². The Balaban J connectivity index is 1.69. The van der Waals surface area contributed by atoms with Crippen molar-refractivity contribution in [2.24, 2.45) is 0 Å². The summed E-state index contributed by atoms with van der Waals surface area (Å²) in [6.45, 7) is 4.18. The summed E-state index contributed by atoms with van der Waals surface area (Å²) in [6, 6.07) is 21.1. The third kappa shape index (κ3) is 4.07. The van der Waals surface area contributed by atoms with E-state index >= 15 is 0 Å². The van der Waals surface area contributed by atoms with Gasteiger partial charge in [-0.25, -0.2) is 0 Å². The monoisotopic (exact) mass is 526 g/mol. The van der Waals surface area contributed by atoms with E-state index in [2.05, 4.69) is 39.7 Å². The molecular formula is C26H21Cl3N4S. The summed E-state index contributed by atoms with van der Waals surface area (Å²) < 4.78 is 2.16. The van der Waals surface area contributed by atoms with Crippen LogP contribution in [0.5, 0.6) is 0 Å². The van der Waals surface area contributed by atoms with Crippen molar-refractivity contribution in [3.63, 3.8) is 0 Å². The number of aryl methyl sites for hydroxylation is 1. The lowest BCUT2D eigenvalue weighted by molar-refractivity contribution is 0.565. The molecular weight excluding hydrogens is 507 g/mol. The maximum Gasteiger partial charge on any atom is 0.174 e. The van der Waals surface area contributed by atoms with Crippen LogP contribution in [0.1, 0.15) is 34.7 Å². The van der Waals surface area contributed by atoms with Crippen LogP contribution in [0.4, 0.5) is 5.69 Å². The van der Waals surface area contributed by atoms with Gasteiger partial charge in [-0.1, -0.05) is 40.9 Å². The fourth-order valence-electron chi connectivity index (χ4n) is 4.67. The van der Waals surface area contributed by atoms with Gasteiger partial charge >= 0.3 is 0 Å². The Hall–Kier alpha value is -2.57. The Labute approximate surface area is 219 Å². The van der Waals surface area contributed by atoms with E-state index in [9.17, 15) is 0 Å². The minimum absolute atomic E-state index is 0.130. The van der Waals surface area contributed by atoms with Gasteiger partial charge in [-0.05, 0) is 92.3 Å². The van der Waals surface area contributed by atoms with Crippen molar-refractivity contribution in [2.45, 2.75) is 25.9 Å². The average molecular weight is 528 g/mol. The van der Waals surface area contributed by atoms with Crippen molar-refractivity contribution >= 4 is 57.8 Å². The second kappa shape index (κ2) is 9.23. The standard InChI is InChI=1S/C26H21Cl3N4S/c1-15-13-20(16(2)32(15)23-11-8-18(28)14-21(23)29)25-24(22-5-3-4-12-30-22)31-26(34)33(25)19-9-6-17(27)7-10-19/h3-14,24-25H,1-2H3,(H,31,34)/t24-,25+/m1/s1. The van der Waals surface area contributed by atoms with Crippen LogP contribution in [0.2, 0.25) is 15.1 Å². The predicted octanol–water partition coefficient (Wildman–Crippen LogP) is 7.63. The molecule has 0 aliphatic carbocycles. The molecule has 1 aliphatic rings. The topological polar surface area (TPSA) is 33.1 Å². The first-order valence-electron chi connectivity index (χ1n) is 10.8. The zero-order valence-electron chi connectivity index (χ0n) is 18.5. The first-order chi connectivity index (χ1) is 16.3. The molecule has 1 fully saturated rings. The quantitative estimate of drug-likeness (QED) is 0.277. The van der Waals surface area contributed by atoms with Crippen molar-refractivity contribution < 1.29 is 0 Å². The normalized spacial score (nSPS) is 17.8. The minimum atomic E-state index is -0.140. The summed E-state index contributed by atoms with van der Waals surface area (Å²) in [5.41, 5.74) is 6.01. The molecule has 5 rings (SSSR count). The maximum atomic E-state index is 6.59. The lowest BCUT2D eigenvalue weighted by Gasteiger charge is -2.28. The van der Waals surface area contributed by atoms with Gasteiger partial charge in [0.2, 0.25) is 0 Å². The fourth-order valence-corrected chi connectivity index (χ4v) is 5.64. The highest BCUT2D eigenvalue weighted by Crippen LogP contribution is 2.44. The van der Waals surface area contributed by atoms with Crippen molar-refractivity contribution in [2.75, 3.05) is 4.90 Å². The van der Waals surface area contributed by atoms with Crippen molar-refractivity contribution in [3.05, 3.63) is 111 Å². The van der Waals surface area contributed by atoms with Crippen LogP contribution in [0.25, 0.3) is 5.69 Å². The first kappa shape index (κ1) is 23.2. The number of hydrogen-bond donors (Lipinski definition) is 1. The van der Waals surface area contributed by atoms with Gasteiger partial charge < -0.3 is 14.8 Å². The molecule has 1 N–H and O–H groups in total. The maximum absolute atomic E-state index is 6.59. The molecule has 0 radical (unpaired) electrons. The van der Waals surface area contributed by atoms with Gasteiger partial charge in [0.05, 0.1) is 28.5 Å². The Morgan fingerprint density at radius 3 is 2.32 bits per heavy atom. The van der Waals surface area contributed by atoms with Gasteiger partial charge in [0.15, 0.2) is 5.11 Å². The van der Waals surface area contributed by atoms with E-state index in [1.165, 1.54) is 0 Å². The molecule has 0 saturated carbocycles. The SMILES string of the molecule is Cc1cc([C@H]2[C@@H](c3ccccn3)NC(=S)N2c2ccc(Cl)cc2)c(C)n1-c1ccc(Cl)cc1Cl. The Kier molecular flexibility index (Phi) is 6.30. The van der Waals surface area contributed by atoms with Crippen LogP contribution in [-0.4, -0.2) is 14.7 Å². The molecule has 4 nitrogen and oxygen atoms in total. The molecule has 1 aliphatic heterocycles. The molecule has 1 saturated heterocycles. The largest absolute Gasteiger partial charge is 0.351 e. The van der Waals surface area contributed by atoms with Crippen molar-refractivity contribution in [3.8, 4) is 5.69 Å². The van der Waals surface area contributed by atoms with E-state index in [0.717, 1.165) is 34.0 Å². The number of aromatic nitrogens is 2. The third-order valence-corrected chi connectivity index (χ3v) is 7.25. The van der Waals surface area contributed by atoms with E-state index in [0.29, 0.717) is 20.2 Å². The third-order valence-electron chi connectivity index (χ3n) is 6.14. The van der Waals surface area contributed by atoms with Gasteiger partial charge in [0, 0.05) is 33.3 Å². The zero-order chi connectivity index (χ0) is 24.0. The molecule has 0 unspecified atom stereocenters. The number of hydrogen-bond acceptors (Lipinski definition) is 2. The van der Waals surface area contributed by atoms with Gasteiger partial charge in [0.25, 0.3) is 0 Å². The highest BCUT2D eigenvalue weighted by Gasteiger charge is 2.42. The van der Waals surface area contributed by atoms with E-state index in [1.807, 2.05) is 54.6 Å². The van der Waals surface area contributed by atoms with Gasteiger partial charge in [-0.15, -0.1) is 0 Å². The number of pyridine rings is 1.